The van der Waals surface area contributed by atoms with Gasteiger partial charge < -0.3 is 18.8 Å². The van der Waals surface area contributed by atoms with Crippen molar-refractivity contribution < 1.29 is 14.2 Å². The summed E-state index contributed by atoms with van der Waals surface area (Å²) in [7, 11) is 1.61. The Balaban J connectivity index is 2.23. The molecule has 5 nitrogen and oxygen atoms in total. The van der Waals surface area contributed by atoms with Gasteiger partial charge >= 0.3 is 0 Å². The fraction of sp³-hybridized carbons (Fsp3) is 0.700. The molecule has 0 saturated heterocycles. The largest absolute Gasteiger partial charge is 0.494 e. The van der Waals surface area contributed by atoms with Crippen LogP contribution < -0.4 is 19.8 Å². The fourth-order valence-electron chi connectivity index (χ4n) is 4.46. The number of nitrogens with zero attached hydrogens (tertiary/aromatic N) is 1. The topological polar surface area (TPSA) is 49.7 Å². The van der Waals surface area contributed by atoms with E-state index in [2.05, 4.69) is 20.8 Å². The molecule has 0 atom stereocenters. The van der Waals surface area contributed by atoms with Crippen LogP contribution >= 0.6 is 0 Å². The number of aryl methyl sites for hydroxylation is 1. The molecule has 0 radical (unpaired) electrons. The Morgan fingerprint density at radius 1 is 0.686 bits per heavy atom. The van der Waals surface area contributed by atoms with Crippen molar-refractivity contribution in [2.45, 2.75) is 117 Å². The Bertz CT molecular complexity index is 905. The minimum Gasteiger partial charge on any atom is -0.494 e. The van der Waals surface area contributed by atoms with Crippen LogP contribution in [-0.2, 0) is 6.54 Å². The lowest BCUT2D eigenvalue weighted by molar-refractivity contribution is 0.283. The number of methoxy groups -OCH3 is 1. The second-order valence-corrected chi connectivity index (χ2v) is 9.58. The lowest BCUT2D eigenvalue weighted by Crippen LogP contribution is -2.24. The maximum atomic E-state index is 13.5. The molecular formula is C30H49NO4. The number of rotatable bonds is 20. The van der Waals surface area contributed by atoms with E-state index in [1.807, 2.05) is 22.8 Å². The van der Waals surface area contributed by atoms with E-state index in [0.29, 0.717) is 31.3 Å². The molecule has 1 heterocycles. The predicted octanol–water partition coefficient (Wildman–Crippen LogP) is 8.29. The maximum Gasteiger partial charge on any atom is 0.297 e. The van der Waals surface area contributed by atoms with E-state index in [9.17, 15) is 4.79 Å². The first-order valence-electron chi connectivity index (χ1n) is 14.2. The van der Waals surface area contributed by atoms with Crippen LogP contribution in [-0.4, -0.2) is 24.9 Å². The first-order valence-corrected chi connectivity index (χ1v) is 14.2. The average molecular weight is 488 g/mol. The van der Waals surface area contributed by atoms with E-state index in [0.717, 1.165) is 48.8 Å². The van der Waals surface area contributed by atoms with Crippen molar-refractivity contribution in [2.24, 2.45) is 0 Å². The van der Waals surface area contributed by atoms with Crippen LogP contribution in [0.2, 0.25) is 0 Å². The summed E-state index contributed by atoms with van der Waals surface area (Å²) in [5.41, 5.74) is 0.760. The Kier molecular flexibility index (Phi) is 14.4. The quantitative estimate of drug-likeness (QED) is 0.176. The summed E-state index contributed by atoms with van der Waals surface area (Å²) < 4.78 is 19.6. The summed E-state index contributed by atoms with van der Waals surface area (Å²) >= 11 is 0. The monoisotopic (exact) mass is 487 g/mol. The van der Waals surface area contributed by atoms with Gasteiger partial charge in [-0.2, -0.15) is 0 Å². The minimum absolute atomic E-state index is 0.105. The van der Waals surface area contributed by atoms with Gasteiger partial charge in [-0.15, -0.1) is 0 Å². The van der Waals surface area contributed by atoms with Gasteiger partial charge in [-0.3, -0.25) is 4.79 Å². The van der Waals surface area contributed by atoms with Crippen LogP contribution in [0.25, 0.3) is 10.9 Å². The second-order valence-electron chi connectivity index (χ2n) is 9.58. The maximum absolute atomic E-state index is 13.5. The highest BCUT2D eigenvalue weighted by atomic mass is 16.5. The smallest absolute Gasteiger partial charge is 0.297 e. The molecule has 2 rings (SSSR count). The van der Waals surface area contributed by atoms with Crippen LogP contribution in [0.3, 0.4) is 0 Å². The Morgan fingerprint density at radius 2 is 1.29 bits per heavy atom. The van der Waals surface area contributed by atoms with Crippen LogP contribution in [0.15, 0.2) is 23.0 Å². The summed E-state index contributed by atoms with van der Waals surface area (Å²) in [5.74, 6) is 1.67. The predicted molar refractivity (Wildman–Crippen MR) is 147 cm³/mol. The molecule has 0 N–H and O–H groups in total. The van der Waals surface area contributed by atoms with Crippen molar-refractivity contribution in [1.29, 1.82) is 0 Å². The lowest BCUT2D eigenvalue weighted by atomic mass is 10.1. The summed E-state index contributed by atoms with van der Waals surface area (Å²) in [6.45, 7) is 8.49. The second kappa shape index (κ2) is 17.3. The van der Waals surface area contributed by atoms with Crippen LogP contribution in [0.4, 0.5) is 0 Å². The van der Waals surface area contributed by atoms with Crippen LogP contribution in [0.1, 0.15) is 111 Å². The van der Waals surface area contributed by atoms with E-state index in [4.69, 9.17) is 14.2 Å². The molecule has 0 aliphatic rings. The standard InChI is InChI=1S/C30H49NO4/c1-5-8-11-13-15-17-21-31-27-24-25(34-23-18-16-14-12-9-6-2)19-20-26(27)28(33-4)29(30(31)32)35-22-10-7-3/h19-20,24H,5-18,21-23H2,1-4H3. The number of hydrogen-bond donors (Lipinski definition) is 0. The highest BCUT2D eigenvalue weighted by Gasteiger charge is 2.19. The molecule has 35 heavy (non-hydrogen) atoms. The number of unbranched alkanes of at least 4 members (excludes halogenated alkanes) is 11. The van der Waals surface area contributed by atoms with Gasteiger partial charge in [0.15, 0.2) is 5.75 Å². The molecule has 0 saturated carbocycles. The molecule has 0 amide bonds. The van der Waals surface area contributed by atoms with Gasteiger partial charge in [-0.25, -0.2) is 0 Å². The molecule has 0 unspecified atom stereocenters. The van der Waals surface area contributed by atoms with Gasteiger partial charge in [0.1, 0.15) is 5.75 Å². The zero-order valence-electron chi connectivity index (χ0n) is 22.8. The normalized spacial score (nSPS) is 11.2. The number of pyridine rings is 1. The van der Waals surface area contributed by atoms with Gasteiger partial charge in [0.05, 0.1) is 25.8 Å². The Labute approximate surface area is 213 Å². The van der Waals surface area contributed by atoms with Crippen molar-refractivity contribution >= 4 is 10.9 Å². The Hall–Kier alpha value is -2.17. The number of benzene rings is 1. The summed E-state index contributed by atoms with van der Waals surface area (Å²) in [6, 6.07) is 6.00. The zero-order chi connectivity index (χ0) is 25.3. The highest BCUT2D eigenvalue weighted by molar-refractivity contribution is 5.89. The van der Waals surface area contributed by atoms with Gasteiger partial charge in [0, 0.05) is 18.0 Å². The van der Waals surface area contributed by atoms with Gasteiger partial charge in [0.2, 0.25) is 5.75 Å². The minimum atomic E-state index is -0.105. The molecular weight excluding hydrogens is 438 g/mol. The van der Waals surface area contributed by atoms with Crippen LogP contribution in [0, 0.1) is 0 Å². The van der Waals surface area contributed by atoms with Crippen molar-refractivity contribution in [3.8, 4) is 17.2 Å². The fourth-order valence-corrected chi connectivity index (χ4v) is 4.46. The van der Waals surface area contributed by atoms with Crippen molar-refractivity contribution in [3.63, 3.8) is 0 Å². The molecule has 1 aromatic heterocycles. The van der Waals surface area contributed by atoms with Crippen LogP contribution in [0.5, 0.6) is 17.2 Å². The summed E-state index contributed by atoms with van der Waals surface area (Å²) in [4.78, 5) is 13.5. The van der Waals surface area contributed by atoms with Gasteiger partial charge in [0.25, 0.3) is 5.56 Å². The van der Waals surface area contributed by atoms with E-state index in [1.54, 1.807) is 7.11 Å². The molecule has 2 aromatic rings. The average Bonchev–Trinajstić information content (AvgIpc) is 2.87. The lowest BCUT2D eigenvalue weighted by Gasteiger charge is -2.18. The molecule has 198 valence electrons. The van der Waals surface area contributed by atoms with Crippen molar-refractivity contribution in [2.75, 3.05) is 20.3 Å². The molecule has 0 aliphatic heterocycles. The van der Waals surface area contributed by atoms with Crippen molar-refractivity contribution in [3.05, 3.63) is 28.6 Å². The molecule has 1 aromatic carbocycles. The van der Waals surface area contributed by atoms with Gasteiger partial charge in [-0.1, -0.05) is 91.4 Å². The van der Waals surface area contributed by atoms with Gasteiger partial charge in [-0.05, 0) is 31.4 Å². The van der Waals surface area contributed by atoms with Crippen molar-refractivity contribution in [1.82, 2.24) is 4.57 Å². The molecule has 0 spiro atoms. The number of fused-ring (bicyclic) bond motifs is 1. The SMILES string of the molecule is CCCCCCCCOc1ccc2c(OC)c(OCCCC)c(=O)n(CCCCCCCC)c2c1. The van der Waals surface area contributed by atoms with E-state index >= 15 is 0 Å². The molecule has 0 fully saturated rings. The number of hydrogen-bond acceptors (Lipinski definition) is 4. The van der Waals surface area contributed by atoms with E-state index in [1.165, 1.54) is 57.8 Å². The van der Waals surface area contributed by atoms with E-state index in [-0.39, 0.29) is 5.56 Å². The Morgan fingerprint density at radius 3 is 1.94 bits per heavy atom. The number of aromatic nitrogens is 1. The first kappa shape index (κ1) is 29.1. The summed E-state index contributed by atoms with van der Waals surface area (Å²) in [6.07, 6.45) is 16.4. The molecule has 0 aliphatic carbocycles. The molecule has 5 heteroatoms. The summed E-state index contributed by atoms with van der Waals surface area (Å²) in [5, 5.41) is 0.900. The third kappa shape index (κ3) is 9.42. The highest BCUT2D eigenvalue weighted by Crippen LogP contribution is 2.35. The molecule has 0 bridgehead atoms. The zero-order valence-corrected chi connectivity index (χ0v) is 22.8. The first-order chi connectivity index (χ1) is 17.2. The van der Waals surface area contributed by atoms with E-state index < -0.39 is 0 Å². The third-order valence-corrected chi connectivity index (χ3v) is 6.60. The number of ether oxygens (including phenoxy) is 3. The third-order valence-electron chi connectivity index (χ3n) is 6.60.